The van der Waals surface area contributed by atoms with Crippen LogP contribution in [0.2, 0.25) is 0 Å². The molecule has 1 amide bonds. The minimum absolute atomic E-state index is 0.158. The van der Waals surface area contributed by atoms with Crippen LogP contribution in [0.4, 0.5) is 8.78 Å². The molecule has 2 aromatic rings. The highest BCUT2D eigenvalue weighted by molar-refractivity contribution is 5.97. The molecule has 0 radical (unpaired) electrons. The fourth-order valence-electron chi connectivity index (χ4n) is 3.32. The Kier molecular flexibility index (Phi) is 4.25. The van der Waals surface area contributed by atoms with Crippen molar-refractivity contribution in [2.45, 2.75) is 26.7 Å². The summed E-state index contributed by atoms with van der Waals surface area (Å²) in [6.07, 6.45) is 3.58. The number of nitrogens with two attached hydrogens (primary N) is 1. The Balaban J connectivity index is 2.14. The fraction of sp³-hybridized carbons (Fsp3) is 0.200. The van der Waals surface area contributed by atoms with E-state index in [2.05, 4.69) is 11.6 Å². The number of aromatic nitrogens is 1. The summed E-state index contributed by atoms with van der Waals surface area (Å²) in [7, 11) is 0. The Morgan fingerprint density at radius 1 is 1.32 bits per heavy atom. The first-order valence-corrected chi connectivity index (χ1v) is 7.91. The van der Waals surface area contributed by atoms with E-state index >= 15 is 0 Å². The van der Waals surface area contributed by atoms with E-state index in [0.29, 0.717) is 23.1 Å². The smallest absolute Gasteiger partial charge is 0.249 e. The highest BCUT2D eigenvalue weighted by Gasteiger charge is 2.27. The van der Waals surface area contributed by atoms with E-state index in [9.17, 15) is 13.6 Å². The topological polar surface area (TPSA) is 56.0 Å². The fourth-order valence-corrected chi connectivity index (χ4v) is 3.32. The molecule has 2 N–H and O–H groups in total. The normalized spacial score (nSPS) is 13.1. The van der Waals surface area contributed by atoms with Crippen molar-refractivity contribution in [3.8, 4) is 0 Å². The van der Waals surface area contributed by atoms with Crippen molar-refractivity contribution < 1.29 is 13.6 Å². The molecule has 1 heterocycles. The van der Waals surface area contributed by atoms with Crippen molar-refractivity contribution in [2.24, 2.45) is 5.73 Å². The second-order valence-electron chi connectivity index (χ2n) is 6.28. The number of hydrogen-bond acceptors (Lipinski definition) is 2. The summed E-state index contributed by atoms with van der Waals surface area (Å²) in [4.78, 5) is 15.7. The molecule has 5 heteroatoms. The van der Waals surface area contributed by atoms with E-state index in [-0.39, 0.29) is 17.7 Å². The van der Waals surface area contributed by atoms with E-state index in [1.165, 1.54) is 24.4 Å². The second kappa shape index (κ2) is 6.24. The minimum atomic E-state index is -0.646. The average molecular weight is 340 g/mol. The number of hydrogen-bond donors (Lipinski definition) is 1. The molecule has 1 aliphatic rings. The van der Waals surface area contributed by atoms with Gasteiger partial charge in [0.05, 0.1) is 5.69 Å². The van der Waals surface area contributed by atoms with Gasteiger partial charge in [0.2, 0.25) is 5.91 Å². The van der Waals surface area contributed by atoms with E-state index in [1.54, 1.807) is 0 Å². The van der Waals surface area contributed by atoms with E-state index in [0.717, 1.165) is 16.7 Å². The zero-order valence-corrected chi connectivity index (χ0v) is 14.1. The number of amides is 1. The third-order valence-corrected chi connectivity index (χ3v) is 4.71. The maximum Gasteiger partial charge on any atom is 0.249 e. The summed E-state index contributed by atoms with van der Waals surface area (Å²) in [5, 5.41) is 0. The van der Waals surface area contributed by atoms with Crippen LogP contribution in [-0.4, -0.2) is 10.9 Å². The van der Waals surface area contributed by atoms with Crippen LogP contribution in [0.25, 0.3) is 11.6 Å². The number of benzene rings is 1. The van der Waals surface area contributed by atoms with Crippen LogP contribution in [-0.2, 0) is 12.8 Å². The maximum atomic E-state index is 14.7. The molecular formula is C20H18F2N2O. The van der Waals surface area contributed by atoms with Crippen molar-refractivity contribution >= 4 is 17.6 Å². The third-order valence-electron chi connectivity index (χ3n) is 4.71. The summed E-state index contributed by atoms with van der Waals surface area (Å²) in [5.41, 5.74) is 10.2. The van der Waals surface area contributed by atoms with Crippen LogP contribution in [0.3, 0.4) is 0 Å². The van der Waals surface area contributed by atoms with Crippen molar-refractivity contribution in [3.05, 3.63) is 75.6 Å². The molecule has 128 valence electrons. The maximum absolute atomic E-state index is 14.7. The summed E-state index contributed by atoms with van der Waals surface area (Å²) in [5.74, 6) is -1.66. The van der Waals surface area contributed by atoms with Crippen LogP contribution in [0, 0.1) is 11.6 Å². The van der Waals surface area contributed by atoms with Crippen LogP contribution in [0.5, 0.6) is 0 Å². The number of carbonyl (C=O) groups is 1. The van der Waals surface area contributed by atoms with Gasteiger partial charge in [-0.3, -0.25) is 9.78 Å². The van der Waals surface area contributed by atoms with Gasteiger partial charge in [-0.05, 0) is 60.7 Å². The number of primary amides is 1. The molecule has 0 saturated carbocycles. The van der Waals surface area contributed by atoms with E-state index < -0.39 is 17.5 Å². The molecule has 0 fully saturated rings. The Hall–Kier alpha value is -2.82. The van der Waals surface area contributed by atoms with Crippen LogP contribution < -0.4 is 5.73 Å². The number of nitrogens with zero attached hydrogens (tertiary/aromatic N) is 1. The first kappa shape index (κ1) is 17.0. The molecule has 0 atom stereocenters. The van der Waals surface area contributed by atoms with Crippen molar-refractivity contribution in [1.29, 1.82) is 0 Å². The van der Waals surface area contributed by atoms with Gasteiger partial charge in [-0.2, -0.15) is 0 Å². The lowest BCUT2D eigenvalue weighted by Crippen LogP contribution is -2.16. The van der Waals surface area contributed by atoms with Crippen molar-refractivity contribution in [2.75, 3.05) is 0 Å². The Morgan fingerprint density at radius 3 is 2.64 bits per heavy atom. The van der Waals surface area contributed by atoms with Gasteiger partial charge in [0.1, 0.15) is 11.6 Å². The van der Waals surface area contributed by atoms with Gasteiger partial charge >= 0.3 is 0 Å². The molecule has 0 unspecified atom stereocenters. The number of halogens is 2. The summed E-state index contributed by atoms with van der Waals surface area (Å²) >= 11 is 0. The quantitative estimate of drug-likeness (QED) is 0.913. The molecule has 0 aliphatic heterocycles. The SMILES string of the molecule is C=Cc1ncc(Cc2c(F)cc(C(N)=O)c3c2C(C)=C(C)C3)cc1F. The van der Waals surface area contributed by atoms with Gasteiger partial charge < -0.3 is 5.73 Å². The molecule has 1 aromatic carbocycles. The minimum Gasteiger partial charge on any atom is -0.366 e. The molecule has 0 spiro atoms. The van der Waals surface area contributed by atoms with Gasteiger partial charge in [-0.15, -0.1) is 0 Å². The molecule has 25 heavy (non-hydrogen) atoms. The summed E-state index contributed by atoms with van der Waals surface area (Å²) in [6.45, 7) is 7.34. The van der Waals surface area contributed by atoms with Gasteiger partial charge in [0.15, 0.2) is 0 Å². The zero-order valence-electron chi connectivity index (χ0n) is 14.1. The standard InChI is InChI=1S/C20H18F2N2O/c1-4-18-17(22)7-12(9-24-18)6-15-16(21)8-14(20(23)25)13-5-10(2)11(3)19(13)15/h4,7-9H,1,5-6H2,2-3H3,(H2,23,25). The molecule has 0 saturated heterocycles. The Morgan fingerprint density at radius 2 is 2.04 bits per heavy atom. The first-order valence-electron chi connectivity index (χ1n) is 7.91. The number of rotatable bonds is 4. The molecule has 0 bridgehead atoms. The summed E-state index contributed by atoms with van der Waals surface area (Å²) in [6, 6.07) is 2.52. The van der Waals surface area contributed by atoms with Crippen molar-refractivity contribution in [3.63, 3.8) is 0 Å². The van der Waals surface area contributed by atoms with Crippen LogP contribution in [0.15, 0.2) is 30.5 Å². The average Bonchev–Trinajstić information content (AvgIpc) is 2.85. The predicted octanol–water partition coefficient (Wildman–Crippen LogP) is 4.04. The summed E-state index contributed by atoms with van der Waals surface area (Å²) < 4.78 is 28.7. The van der Waals surface area contributed by atoms with E-state index in [4.69, 9.17) is 5.73 Å². The van der Waals surface area contributed by atoms with Gasteiger partial charge in [-0.25, -0.2) is 8.78 Å². The van der Waals surface area contributed by atoms with Crippen LogP contribution >= 0.6 is 0 Å². The predicted molar refractivity (Wildman–Crippen MR) is 94.0 cm³/mol. The third kappa shape index (κ3) is 2.86. The highest BCUT2D eigenvalue weighted by Crippen LogP contribution is 2.39. The zero-order chi connectivity index (χ0) is 18.3. The number of fused-ring (bicyclic) bond motifs is 1. The Bertz CT molecular complexity index is 945. The molecule has 1 aromatic heterocycles. The lowest BCUT2D eigenvalue weighted by molar-refractivity contribution is 0.0999. The van der Waals surface area contributed by atoms with Crippen LogP contribution in [0.1, 0.15) is 52.2 Å². The van der Waals surface area contributed by atoms with Gasteiger partial charge in [0.25, 0.3) is 0 Å². The number of pyridine rings is 1. The molecular weight excluding hydrogens is 322 g/mol. The largest absolute Gasteiger partial charge is 0.366 e. The van der Waals surface area contributed by atoms with Gasteiger partial charge in [0, 0.05) is 23.7 Å². The first-order chi connectivity index (χ1) is 11.8. The number of carbonyl (C=O) groups excluding carboxylic acids is 1. The monoisotopic (exact) mass is 340 g/mol. The van der Waals surface area contributed by atoms with Gasteiger partial charge in [-0.1, -0.05) is 12.2 Å². The lowest BCUT2D eigenvalue weighted by Gasteiger charge is -2.15. The molecule has 3 rings (SSSR count). The highest BCUT2D eigenvalue weighted by atomic mass is 19.1. The lowest BCUT2D eigenvalue weighted by atomic mass is 9.91. The molecule has 1 aliphatic carbocycles. The number of allylic oxidation sites excluding steroid dienone is 2. The van der Waals surface area contributed by atoms with E-state index in [1.807, 2.05) is 13.8 Å². The Labute approximate surface area is 144 Å². The second-order valence-corrected chi connectivity index (χ2v) is 6.28. The molecule has 3 nitrogen and oxygen atoms in total. The van der Waals surface area contributed by atoms with Crippen molar-refractivity contribution in [1.82, 2.24) is 4.98 Å².